The summed E-state index contributed by atoms with van der Waals surface area (Å²) in [5.41, 5.74) is 1.61. The van der Waals surface area contributed by atoms with Crippen molar-refractivity contribution in [1.82, 2.24) is 14.8 Å². The fourth-order valence-electron chi connectivity index (χ4n) is 2.62. The number of nitrogens with one attached hydrogen (secondary N) is 1. The number of amides is 1. The molecule has 0 aliphatic heterocycles. The molecule has 0 spiro atoms. The van der Waals surface area contributed by atoms with Crippen molar-refractivity contribution in [1.29, 1.82) is 0 Å². The van der Waals surface area contributed by atoms with Gasteiger partial charge >= 0.3 is 0 Å². The summed E-state index contributed by atoms with van der Waals surface area (Å²) in [5, 5.41) is 11.3. The molecule has 8 nitrogen and oxygen atoms in total. The zero-order chi connectivity index (χ0) is 21.7. The van der Waals surface area contributed by atoms with Crippen molar-refractivity contribution in [3.05, 3.63) is 59.9 Å². The highest BCUT2D eigenvalue weighted by Crippen LogP contribution is 2.21. The van der Waals surface area contributed by atoms with Crippen LogP contribution in [0.1, 0.15) is 11.4 Å². The van der Waals surface area contributed by atoms with E-state index in [9.17, 15) is 13.2 Å². The van der Waals surface area contributed by atoms with Crippen LogP contribution in [0, 0.1) is 6.92 Å². The summed E-state index contributed by atoms with van der Waals surface area (Å²) in [7, 11) is -0.302. The van der Waals surface area contributed by atoms with Gasteiger partial charge in [-0.25, -0.2) is 8.42 Å². The third-order valence-electron chi connectivity index (χ3n) is 4.31. The van der Waals surface area contributed by atoms with E-state index in [0.717, 1.165) is 5.56 Å². The zero-order valence-corrected chi connectivity index (χ0v) is 18.5. The van der Waals surface area contributed by atoms with Crippen molar-refractivity contribution in [3.63, 3.8) is 0 Å². The lowest BCUT2D eigenvalue weighted by atomic mass is 10.2. The highest BCUT2D eigenvalue weighted by Gasteiger charge is 2.20. The molecule has 0 saturated heterocycles. The lowest BCUT2D eigenvalue weighted by Gasteiger charge is -2.07. The Bertz CT molecular complexity index is 1140. The summed E-state index contributed by atoms with van der Waals surface area (Å²) in [6, 6.07) is 13.7. The van der Waals surface area contributed by atoms with Gasteiger partial charge in [0.25, 0.3) is 0 Å². The van der Waals surface area contributed by atoms with Crippen molar-refractivity contribution >= 4 is 33.2 Å². The second kappa shape index (κ2) is 9.31. The minimum Gasteiger partial charge on any atom is -0.497 e. The number of methoxy groups -OCH3 is 1. The highest BCUT2D eigenvalue weighted by atomic mass is 32.2. The minimum absolute atomic E-state index is 0.105. The lowest BCUT2D eigenvalue weighted by molar-refractivity contribution is -0.113. The summed E-state index contributed by atoms with van der Waals surface area (Å²) < 4.78 is 32.0. The fourth-order valence-corrected chi connectivity index (χ4v) is 4.66. The van der Waals surface area contributed by atoms with Gasteiger partial charge in [0.2, 0.25) is 5.91 Å². The second-order valence-electron chi connectivity index (χ2n) is 6.60. The molecule has 1 aromatic heterocycles. The number of carbonyl (C=O) groups is 1. The van der Waals surface area contributed by atoms with Gasteiger partial charge in [-0.3, -0.25) is 4.79 Å². The molecule has 0 aliphatic carbocycles. The molecule has 1 N–H and O–H groups in total. The first-order valence-corrected chi connectivity index (χ1v) is 11.7. The number of rotatable bonds is 8. The van der Waals surface area contributed by atoms with Gasteiger partial charge in [0.05, 0.1) is 17.8 Å². The number of aryl methyl sites for hydroxylation is 1. The van der Waals surface area contributed by atoms with Gasteiger partial charge in [-0.05, 0) is 31.2 Å². The number of anilines is 1. The molecule has 2 aromatic carbocycles. The number of ether oxygens (including phenoxy) is 1. The molecule has 0 unspecified atom stereocenters. The normalized spacial score (nSPS) is 11.3. The van der Waals surface area contributed by atoms with Crippen molar-refractivity contribution in [2.24, 2.45) is 7.05 Å². The number of carbonyl (C=O) groups excluding carboxylic acids is 1. The topological polar surface area (TPSA) is 103 Å². The number of sulfone groups is 1. The SMILES string of the molecule is COc1cccc(NC(=O)CSc2nnc(CS(=O)(=O)c3ccc(C)cc3)n2C)c1. The van der Waals surface area contributed by atoms with Gasteiger partial charge in [-0.1, -0.05) is 35.5 Å². The smallest absolute Gasteiger partial charge is 0.234 e. The zero-order valence-electron chi connectivity index (χ0n) is 16.8. The van der Waals surface area contributed by atoms with Crippen LogP contribution in [0.4, 0.5) is 5.69 Å². The van der Waals surface area contributed by atoms with E-state index in [0.29, 0.717) is 22.4 Å². The molecule has 30 heavy (non-hydrogen) atoms. The van der Waals surface area contributed by atoms with Crippen LogP contribution in [-0.4, -0.2) is 42.0 Å². The van der Waals surface area contributed by atoms with Crippen LogP contribution in [-0.2, 0) is 27.4 Å². The van der Waals surface area contributed by atoms with Gasteiger partial charge < -0.3 is 14.6 Å². The largest absolute Gasteiger partial charge is 0.497 e. The van der Waals surface area contributed by atoms with Gasteiger partial charge in [0.1, 0.15) is 17.3 Å². The predicted octanol–water partition coefficient (Wildman–Crippen LogP) is 2.84. The Kier molecular flexibility index (Phi) is 6.78. The summed E-state index contributed by atoms with van der Waals surface area (Å²) in [5.74, 6) is 0.578. The molecule has 3 rings (SSSR count). The average Bonchev–Trinajstić information content (AvgIpc) is 3.06. The maximum atomic E-state index is 12.6. The van der Waals surface area contributed by atoms with Crippen LogP contribution in [0.5, 0.6) is 5.75 Å². The number of benzene rings is 2. The van der Waals surface area contributed by atoms with E-state index in [-0.39, 0.29) is 22.3 Å². The third-order valence-corrected chi connectivity index (χ3v) is 6.96. The molecule has 0 saturated carbocycles. The van der Waals surface area contributed by atoms with E-state index >= 15 is 0 Å². The molecule has 0 atom stereocenters. The van der Waals surface area contributed by atoms with E-state index < -0.39 is 9.84 Å². The molecule has 0 bridgehead atoms. The summed E-state index contributed by atoms with van der Waals surface area (Å²) in [6.07, 6.45) is 0. The van der Waals surface area contributed by atoms with Crippen LogP contribution in [0.2, 0.25) is 0 Å². The van der Waals surface area contributed by atoms with Crippen LogP contribution >= 0.6 is 11.8 Å². The maximum absolute atomic E-state index is 12.6. The van der Waals surface area contributed by atoms with E-state index in [1.165, 1.54) is 11.8 Å². The fraction of sp³-hybridized carbons (Fsp3) is 0.250. The molecule has 1 amide bonds. The van der Waals surface area contributed by atoms with Gasteiger partial charge in [-0.2, -0.15) is 0 Å². The number of hydrogen-bond donors (Lipinski definition) is 1. The summed E-state index contributed by atoms with van der Waals surface area (Å²) >= 11 is 1.18. The first kappa shape index (κ1) is 21.8. The highest BCUT2D eigenvalue weighted by molar-refractivity contribution is 7.99. The van der Waals surface area contributed by atoms with Gasteiger partial charge in [0, 0.05) is 18.8 Å². The Morgan fingerprint density at radius 2 is 1.90 bits per heavy atom. The number of aromatic nitrogens is 3. The van der Waals surface area contributed by atoms with E-state index in [1.807, 2.05) is 6.92 Å². The molecule has 10 heteroatoms. The molecule has 0 radical (unpaired) electrons. The Hall–Kier alpha value is -2.85. The van der Waals surface area contributed by atoms with Crippen molar-refractivity contribution in [2.75, 3.05) is 18.2 Å². The molecule has 158 valence electrons. The Morgan fingerprint density at radius 3 is 2.60 bits per heavy atom. The monoisotopic (exact) mass is 446 g/mol. The minimum atomic E-state index is -3.54. The standard InChI is InChI=1S/C20H22N4O4S2/c1-14-7-9-17(10-8-14)30(26,27)13-18-22-23-20(24(18)2)29-12-19(25)21-15-5-4-6-16(11-15)28-3/h4-11H,12-13H2,1-3H3,(H,21,25). The van der Waals surface area contributed by atoms with Gasteiger partial charge in [-0.15, -0.1) is 10.2 Å². The molecule has 1 heterocycles. The average molecular weight is 447 g/mol. The second-order valence-corrected chi connectivity index (χ2v) is 9.53. The Morgan fingerprint density at radius 1 is 1.17 bits per heavy atom. The van der Waals surface area contributed by atoms with Crippen LogP contribution in [0.15, 0.2) is 58.6 Å². The van der Waals surface area contributed by atoms with Crippen LogP contribution in [0.3, 0.4) is 0 Å². The van der Waals surface area contributed by atoms with Crippen molar-refractivity contribution < 1.29 is 17.9 Å². The quantitative estimate of drug-likeness (QED) is 0.531. The number of hydrogen-bond acceptors (Lipinski definition) is 7. The third kappa shape index (κ3) is 5.39. The Balaban J connectivity index is 1.62. The number of thioether (sulfide) groups is 1. The molecule has 0 aliphatic rings. The first-order chi connectivity index (χ1) is 14.3. The van der Waals surface area contributed by atoms with E-state index in [1.54, 1.807) is 67.3 Å². The van der Waals surface area contributed by atoms with Crippen molar-refractivity contribution in [2.45, 2.75) is 22.7 Å². The first-order valence-electron chi connectivity index (χ1n) is 9.03. The van der Waals surface area contributed by atoms with E-state index in [4.69, 9.17) is 4.74 Å². The predicted molar refractivity (Wildman–Crippen MR) is 115 cm³/mol. The van der Waals surface area contributed by atoms with Crippen molar-refractivity contribution in [3.8, 4) is 5.75 Å². The summed E-state index contributed by atoms with van der Waals surface area (Å²) in [6.45, 7) is 1.90. The van der Waals surface area contributed by atoms with Crippen LogP contribution < -0.4 is 10.1 Å². The summed E-state index contributed by atoms with van der Waals surface area (Å²) in [4.78, 5) is 12.5. The Labute approximate surface area is 179 Å². The maximum Gasteiger partial charge on any atom is 0.234 e. The molecular weight excluding hydrogens is 424 g/mol. The molecular formula is C20H22N4O4S2. The molecule has 3 aromatic rings. The molecule has 0 fully saturated rings. The van der Waals surface area contributed by atoms with Gasteiger partial charge in [0.15, 0.2) is 15.0 Å². The number of nitrogens with zero attached hydrogens (tertiary/aromatic N) is 3. The van der Waals surface area contributed by atoms with E-state index in [2.05, 4.69) is 15.5 Å². The lowest BCUT2D eigenvalue weighted by Crippen LogP contribution is -2.14. The van der Waals surface area contributed by atoms with Crippen LogP contribution in [0.25, 0.3) is 0 Å².